The molecule has 2 saturated heterocycles. The molecule has 60 heavy (non-hydrogen) atoms. The van der Waals surface area contributed by atoms with E-state index in [-0.39, 0.29) is 5.75 Å². The van der Waals surface area contributed by atoms with Gasteiger partial charge in [-0.2, -0.15) is 0 Å². The first-order valence-corrected chi connectivity index (χ1v) is 21.3. The maximum Gasteiger partial charge on any atom is 0.324 e. The van der Waals surface area contributed by atoms with Crippen molar-refractivity contribution >= 4 is 50.2 Å². The first-order valence-electron chi connectivity index (χ1n) is 20.5. The Bertz CT molecular complexity index is 2650. The lowest BCUT2D eigenvalue weighted by molar-refractivity contribution is -0.177. The molecule has 1 aromatic heterocycles. The largest absolute Gasteiger partial charge is 0.508 e. The molecule has 10 nitrogen and oxygen atoms in total. The third-order valence-corrected chi connectivity index (χ3v) is 13.6. The summed E-state index contributed by atoms with van der Waals surface area (Å²) in [6.07, 6.45) is 4.21. The number of anilines is 2. The van der Waals surface area contributed by atoms with Gasteiger partial charge in [0.15, 0.2) is 5.13 Å². The minimum atomic E-state index is -1.74. The summed E-state index contributed by atoms with van der Waals surface area (Å²) in [5, 5.41) is 28.6. The zero-order valence-electron chi connectivity index (χ0n) is 32.6. The molecule has 3 aliphatic heterocycles. The van der Waals surface area contributed by atoms with Crippen molar-refractivity contribution in [2.24, 2.45) is 5.92 Å². The van der Waals surface area contributed by atoms with Crippen LogP contribution in [0, 0.1) is 17.8 Å². The zero-order valence-corrected chi connectivity index (χ0v) is 33.4. The number of carbonyl (C=O) groups excluding carboxylic acids is 3. The second-order valence-corrected chi connectivity index (χ2v) is 17.3. The van der Waals surface area contributed by atoms with Crippen molar-refractivity contribution in [3.63, 3.8) is 0 Å². The molecule has 1 aliphatic carbocycles. The van der Waals surface area contributed by atoms with Crippen molar-refractivity contribution in [1.29, 1.82) is 0 Å². The monoisotopic (exact) mass is 814 g/mol. The van der Waals surface area contributed by atoms with Crippen LogP contribution < -0.4 is 10.6 Å². The van der Waals surface area contributed by atoms with Gasteiger partial charge in [0, 0.05) is 11.3 Å². The van der Waals surface area contributed by atoms with E-state index in [2.05, 4.69) is 22.5 Å². The van der Waals surface area contributed by atoms with Gasteiger partial charge in [0.05, 0.1) is 28.2 Å². The number of ether oxygens (including phenoxy) is 1. The van der Waals surface area contributed by atoms with Crippen molar-refractivity contribution < 1.29 is 29.3 Å². The van der Waals surface area contributed by atoms with Crippen molar-refractivity contribution in [2.45, 2.75) is 73.8 Å². The molecular weight excluding hydrogens is 773 g/mol. The lowest BCUT2D eigenvalue weighted by Crippen LogP contribution is -2.53. The number of benzene rings is 5. The fourth-order valence-electron chi connectivity index (χ4n) is 10.1. The molecule has 1 saturated carbocycles. The van der Waals surface area contributed by atoms with E-state index in [1.54, 1.807) is 30.3 Å². The number of rotatable bonds is 5. The fraction of sp³-hybridized carbons (Fsp3) is 0.265. The van der Waals surface area contributed by atoms with E-state index in [1.165, 1.54) is 11.3 Å². The summed E-state index contributed by atoms with van der Waals surface area (Å²) < 4.78 is 7.38. The normalized spacial score (nSPS) is 25.6. The molecular formula is C49H42N4O6S. The van der Waals surface area contributed by atoms with Gasteiger partial charge in [0.25, 0.3) is 0 Å². The minimum absolute atomic E-state index is 0.0255. The Morgan fingerprint density at radius 2 is 1.50 bits per heavy atom. The molecule has 300 valence electrons. The number of para-hydroxylation sites is 1. The molecule has 5 aromatic carbocycles. The van der Waals surface area contributed by atoms with Crippen LogP contribution in [-0.2, 0) is 24.5 Å². The number of morpholine rings is 1. The predicted molar refractivity (Wildman–Crippen MR) is 229 cm³/mol. The summed E-state index contributed by atoms with van der Waals surface area (Å²) in [6, 6.07) is 36.0. The number of aromatic hydroxyl groups is 1. The average Bonchev–Trinajstić information content (AvgIpc) is 3.85. The van der Waals surface area contributed by atoms with E-state index in [0.717, 1.165) is 41.5 Å². The number of hydrogen-bond donors (Lipinski definition) is 4. The number of aromatic nitrogens is 1. The molecule has 0 unspecified atom stereocenters. The highest BCUT2D eigenvalue weighted by Crippen LogP contribution is 2.65. The summed E-state index contributed by atoms with van der Waals surface area (Å²) in [5.41, 5.74) is 1.57. The highest BCUT2D eigenvalue weighted by Gasteiger charge is 2.74. The van der Waals surface area contributed by atoms with Crippen LogP contribution in [0.25, 0.3) is 10.2 Å². The van der Waals surface area contributed by atoms with Gasteiger partial charge in [0.1, 0.15) is 28.9 Å². The Morgan fingerprint density at radius 1 is 0.817 bits per heavy atom. The van der Waals surface area contributed by atoms with Crippen LogP contribution in [0.5, 0.6) is 5.75 Å². The van der Waals surface area contributed by atoms with Gasteiger partial charge in [-0.1, -0.05) is 121 Å². The Hall–Kier alpha value is -6.32. The molecule has 11 heteroatoms. The van der Waals surface area contributed by atoms with Crippen LogP contribution in [-0.4, -0.2) is 49.5 Å². The van der Waals surface area contributed by atoms with Crippen LogP contribution in [0.4, 0.5) is 10.8 Å². The number of phenolic OH excluding ortho intramolecular Hbond substituents is 1. The van der Waals surface area contributed by atoms with Gasteiger partial charge in [-0.3, -0.25) is 19.3 Å². The second-order valence-electron chi connectivity index (χ2n) is 16.2. The fourth-order valence-corrected chi connectivity index (χ4v) is 10.9. The van der Waals surface area contributed by atoms with Gasteiger partial charge in [-0.05, 0) is 90.4 Å². The van der Waals surface area contributed by atoms with Crippen molar-refractivity contribution in [3.8, 4) is 17.6 Å². The predicted octanol–water partition coefficient (Wildman–Crippen LogP) is 8.35. The number of thiazole rings is 1. The molecule has 3 fully saturated rings. The van der Waals surface area contributed by atoms with Gasteiger partial charge < -0.3 is 25.6 Å². The molecule has 6 atom stereocenters. The smallest absolute Gasteiger partial charge is 0.324 e. The van der Waals surface area contributed by atoms with E-state index in [1.807, 2.05) is 102 Å². The number of aliphatic hydroxyl groups is 1. The number of nitrogens with one attached hydrogen (secondary N) is 2. The minimum Gasteiger partial charge on any atom is -0.508 e. The van der Waals surface area contributed by atoms with E-state index >= 15 is 14.4 Å². The van der Waals surface area contributed by atoms with Crippen LogP contribution in [0.15, 0.2) is 127 Å². The molecule has 6 aromatic rings. The van der Waals surface area contributed by atoms with Crippen molar-refractivity contribution in [2.75, 3.05) is 10.6 Å². The van der Waals surface area contributed by atoms with E-state index < -0.39 is 58.9 Å². The van der Waals surface area contributed by atoms with Crippen LogP contribution in [0.1, 0.15) is 84.5 Å². The van der Waals surface area contributed by atoms with Crippen molar-refractivity contribution in [1.82, 2.24) is 9.88 Å². The van der Waals surface area contributed by atoms with Gasteiger partial charge >= 0.3 is 5.97 Å². The standard InChI is InChI=1S/C49H42N4O6S/c54-34-22-20-33(21-23-34)43-49(35-29-30(19-24-36(35)50-46(49)57)25-28-48(58)26-11-1-2-12-27-48)39(44(55)52-47-51-37-17-9-10-18-38(37)60-47)41-45(56)59-42(32-15-7-4-8-16-32)40(53(41)43)31-13-5-3-6-14-31/h3-10,13-24,29,39-43,54,58H,1-2,11-12,26-27H2,(H,50,57)(H,51,52,55)/t39-,40-,41-,42+,43+,49-/m1/s1. The number of amides is 2. The van der Waals surface area contributed by atoms with E-state index in [4.69, 9.17) is 9.72 Å². The highest BCUT2D eigenvalue weighted by molar-refractivity contribution is 7.22. The molecule has 4 heterocycles. The van der Waals surface area contributed by atoms with E-state index in [9.17, 15) is 10.2 Å². The number of nitrogens with zero attached hydrogens (tertiary/aromatic N) is 2. The Morgan fingerprint density at radius 3 is 2.22 bits per heavy atom. The van der Waals surface area contributed by atoms with Crippen LogP contribution in [0.3, 0.4) is 0 Å². The van der Waals surface area contributed by atoms with Crippen LogP contribution in [0.2, 0.25) is 0 Å². The van der Waals surface area contributed by atoms with Gasteiger partial charge in [0.2, 0.25) is 11.8 Å². The number of carbonyl (C=O) groups is 3. The Balaban J connectivity index is 1.22. The Kier molecular flexibility index (Phi) is 9.51. The van der Waals surface area contributed by atoms with Gasteiger partial charge in [-0.15, -0.1) is 0 Å². The number of phenols is 1. The summed E-state index contributed by atoms with van der Waals surface area (Å²) in [6.45, 7) is 0. The summed E-state index contributed by atoms with van der Waals surface area (Å²) in [7, 11) is 0. The summed E-state index contributed by atoms with van der Waals surface area (Å²) in [5.74, 6) is 3.42. The summed E-state index contributed by atoms with van der Waals surface area (Å²) >= 11 is 1.31. The SMILES string of the molecule is O=C1O[C@@H](c2ccccc2)[C@@H](c2ccccc2)N2[C@@H](c3ccc(O)cc3)[C@]3(C(=O)Nc4ccc(C#CC5(O)CCCCCC5)cc43)[C@@H](C(=O)Nc3nc4ccccc4s3)[C@H]12. The average molecular weight is 815 g/mol. The maximum atomic E-state index is 15.5. The molecule has 10 rings (SSSR count). The quantitative estimate of drug-likeness (QED) is 0.0774. The molecule has 2 amide bonds. The zero-order chi connectivity index (χ0) is 41.0. The Labute approximate surface area is 351 Å². The molecule has 0 radical (unpaired) electrons. The second kappa shape index (κ2) is 15.1. The maximum absolute atomic E-state index is 15.5. The topological polar surface area (TPSA) is 141 Å². The molecule has 4 aliphatic rings. The van der Waals surface area contributed by atoms with Gasteiger partial charge in [-0.25, -0.2) is 4.98 Å². The van der Waals surface area contributed by atoms with Crippen LogP contribution >= 0.6 is 11.3 Å². The highest BCUT2D eigenvalue weighted by atomic mass is 32.1. The third kappa shape index (κ3) is 6.34. The number of fused-ring (bicyclic) bond motifs is 4. The summed E-state index contributed by atoms with van der Waals surface area (Å²) in [4.78, 5) is 52.7. The molecule has 4 N–H and O–H groups in total. The number of hydrogen-bond acceptors (Lipinski definition) is 9. The molecule has 0 bridgehead atoms. The third-order valence-electron chi connectivity index (χ3n) is 12.7. The number of cyclic esters (lactones) is 1. The van der Waals surface area contributed by atoms with E-state index in [0.29, 0.717) is 45.9 Å². The first-order chi connectivity index (χ1) is 29.2. The number of esters is 1. The lowest BCUT2D eigenvalue weighted by atomic mass is 9.65. The molecule has 1 spiro atoms. The van der Waals surface area contributed by atoms with Crippen molar-refractivity contribution in [3.05, 3.63) is 155 Å². The lowest BCUT2D eigenvalue weighted by Gasteiger charge is -2.46. The first kappa shape index (κ1) is 37.9.